The molecule has 1 saturated heterocycles. The molecule has 1 fully saturated rings. The molecule has 2 nitrogen and oxygen atoms in total. The lowest BCUT2D eigenvalue weighted by atomic mass is 10.0. The van der Waals surface area contributed by atoms with E-state index in [-0.39, 0.29) is 5.85 Å². The smallest absolute Gasteiger partial charge is 0.232 e. The van der Waals surface area contributed by atoms with E-state index in [1.807, 2.05) is 0 Å². The minimum absolute atomic E-state index is 0.111. The fourth-order valence-electron chi connectivity index (χ4n) is 3.00. The third-order valence-electron chi connectivity index (χ3n) is 4.54. The highest BCUT2D eigenvalue weighted by atomic mass is 31.2. The molecule has 4 unspecified atom stereocenters. The van der Waals surface area contributed by atoms with Crippen molar-refractivity contribution in [3.05, 3.63) is 0 Å². The van der Waals surface area contributed by atoms with Crippen molar-refractivity contribution in [2.75, 3.05) is 6.16 Å². The van der Waals surface area contributed by atoms with Crippen LogP contribution in [0.2, 0.25) is 0 Å². The fraction of sp³-hybridized carbons (Fsp3) is 1.00. The highest BCUT2D eigenvalue weighted by Crippen LogP contribution is 2.73. The molecule has 19 heavy (non-hydrogen) atoms. The molecule has 4 atom stereocenters. The minimum atomic E-state index is -2.25. The summed E-state index contributed by atoms with van der Waals surface area (Å²) in [5, 5.41) is 0. The minimum Gasteiger partial charge on any atom is -0.313 e. The monoisotopic (exact) mass is 288 g/mol. The molecule has 0 aromatic rings. The predicted molar refractivity (Wildman–Crippen MR) is 84.0 cm³/mol. The molecule has 0 radical (unpaired) electrons. The van der Waals surface area contributed by atoms with Crippen molar-refractivity contribution in [3.63, 3.8) is 0 Å². The van der Waals surface area contributed by atoms with Crippen molar-refractivity contribution < 1.29 is 9.09 Å². The van der Waals surface area contributed by atoms with Gasteiger partial charge in [0.25, 0.3) is 0 Å². The van der Waals surface area contributed by atoms with Crippen LogP contribution in [0.3, 0.4) is 0 Å². The zero-order chi connectivity index (χ0) is 14.3. The molecule has 1 aliphatic rings. The van der Waals surface area contributed by atoms with E-state index in [1.54, 1.807) is 0 Å². The van der Waals surface area contributed by atoms with Crippen LogP contribution in [0.25, 0.3) is 0 Å². The summed E-state index contributed by atoms with van der Waals surface area (Å²) in [7, 11) is -2.25. The maximum Gasteiger partial charge on any atom is 0.232 e. The summed E-state index contributed by atoms with van der Waals surface area (Å²) in [6, 6.07) is 0. The Balaban J connectivity index is 2.43. The quantitative estimate of drug-likeness (QED) is 0.342. The van der Waals surface area contributed by atoms with Crippen molar-refractivity contribution in [3.8, 4) is 0 Å². The topological polar surface area (TPSA) is 29.6 Å². The summed E-state index contributed by atoms with van der Waals surface area (Å²) < 4.78 is 18.5. The molecular formula is C16H33O2P. The summed E-state index contributed by atoms with van der Waals surface area (Å²) in [5.74, 6) is 1.26. The second kappa shape index (κ2) is 8.47. The molecule has 114 valence electrons. The maximum absolute atomic E-state index is 12.7. The summed E-state index contributed by atoms with van der Waals surface area (Å²) in [6.07, 6.45) is 10.5. The van der Waals surface area contributed by atoms with Gasteiger partial charge in [-0.15, -0.1) is 0 Å². The van der Waals surface area contributed by atoms with Crippen molar-refractivity contribution in [2.24, 2.45) is 11.8 Å². The van der Waals surface area contributed by atoms with E-state index >= 15 is 0 Å². The molecule has 0 N–H and O–H groups in total. The van der Waals surface area contributed by atoms with Gasteiger partial charge in [0.1, 0.15) is 5.85 Å². The van der Waals surface area contributed by atoms with Crippen LogP contribution in [0.15, 0.2) is 0 Å². The van der Waals surface area contributed by atoms with Gasteiger partial charge in [-0.05, 0) is 24.7 Å². The van der Waals surface area contributed by atoms with Crippen LogP contribution < -0.4 is 0 Å². The average molecular weight is 288 g/mol. The van der Waals surface area contributed by atoms with Gasteiger partial charge in [-0.1, -0.05) is 66.2 Å². The summed E-state index contributed by atoms with van der Waals surface area (Å²) in [5.41, 5.74) is 0. The number of hydrogen-bond donors (Lipinski definition) is 0. The largest absolute Gasteiger partial charge is 0.313 e. The first-order valence-electron chi connectivity index (χ1n) is 8.38. The van der Waals surface area contributed by atoms with E-state index in [0.717, 1.165) is 19.0 Å². The van der Waals surface area contributed by atoms with Crippen LogP contribution in [0.4, 0.5) is 0 Å². The normalized spacial score (nSPS) is 29.2. The Bertz CT molecular complexity index is 290. The van der Waals surface area contributed by atoms with Crippen LogP contribution in [-0.2, 0) is 9.09 Å². The van der Waals surface area contributed by atoms with Crippen LogP contribution in [0.1, 0.15) is 79.1 Å². The van der Waals surface area contributed by atoms with Crippen molar-refractivity contribution in [1.29, 1.82) is 0 Å². The molecule has 1 aliphatic heterocycles. The van der Waals surface area contributed by atoms with Gasteiger partial charge in [0.2, 0.25) is 7.37 Å². The zero-order valence-corrected chi connectivity index (χ0v) is 14.3. The number of hydrogen-bond acceptors (Lipinski definition) is 2. The van der Waals surface area contributed by atoms with Gasteiger partial charge in [0, 0.05) is 6.16 Å². The van der Waals surface area contributed by atoms with E-state index in [0.29, 0.717) is 11.8 Å². The fourth-order valence-corrected chi connectivity index (χ4v) is 6.26. The van der Waals surface area contributed by atoms with Crippen LogP contribution in [0, 0.1) is 11.8 Å². The second-order valence-electron chi connectivity index (χ2n) is 6.13. The third-order valence-corrected chi connectivity index (χ3v) is 7.24. The summed E-state index contributed by atoms with van der Waals surface area (Å²) in [6.45, 7) is 8.88. The summed E-state index contributed by atoms with van der Waals surface area (Å²) in [4.78, 5) is 0. The van der Waals surface area contributed by atoms with Gasteiger partial charge in [-0.2, -0.15) is 0 Å². The molecule has 1 heterocycles. The lowest BCUT2D eigenvalue weighted by Gasteiger charge is -2.14. The van der Waals surface area contributed by atoms with Crippen molar-refractivity contribution in [2.45, 2.75) is 84.9 Å². The highest BCUT2D eigenvalue weighted by molar-refractivity contribution is 7.65. The van der Waals surface area contributed by atoms with Gasteiger partial charge in [0.05, 0.1) is 0 Å². The number of rotatable bonds is 11. The van der Waals surface area contributed by atoms with Gasteiger partial charge in [0.15, 0.2) is 0 Å². The molecule has 0 aromatic carbocycles. The Morgan fingerprint density at radius 1 is 1.00 bits per heavy atom. The first-order chi connectivity index (χ1) is 9.11. The van der Waals surface area contributed by atoms with Crippen LogP contribution >= 0.6 is 7.37 Å². The predicted octanol–water partition coefficient (Wildman–Crippen LogP) is 6.05. The highest BCUT2D eigenvalue weighted by Gasteiger charge is 2.55. The molecule has 0 aliphatic carbocycles. The van der Waals surface area contributed by atoms with E-state index in [1.165, 1.54) is 38.5 Å². The molecule has 0 bridgehead atoms. The Morgan fingerprint density at radius 3 is 2.16 bits per heavy atom. The van der Waals surface area contributed by atoms with Crippen LogP contribution in [-0.4, -0.2) is 12.0 Å². The average Bonchev–Trinajstić information content (AvgIpc) is 3.07. The Morgan fingerprint density at radius 2 is 1.63 bits per heavy atom. The molecule has 0 saturated carbocycles. The van der Waals surface area contributed by atoms with Gasteiger partial charge in [-0.3, -0.25) is 4.57 Å². The standard InChI is InChI=1S/C16H33O2P/c1-5-9-11-14(7-3)13-19(17)16(18-19)15(8-4)12-10-6-2/h14-16H,5-13H2,1-4H3. The Labute approximate surface area is 120 Å². The second-order valence-corrected chi connectivity index (χ2v) is 8.67. The third kappa shape index (κ3) is 5.23. The molecule has 3 heteroatoms. The lowest BCUT2D eigenvalue weighted by Crippen LogP contribution is -2.08. The number of unbranched alkanes of at least 4 members (excludes halogenated alkanes) is 2. The van der Waals surface area contributed by atoms with E-state index in [9.17, 15) is 4.57 Å². The molecule has 0 aromatic heterocycles. The van der Waals surface area contributed by atoms with Crippen molar-refractivity contribution in [1.82, 2.24) is 0 Å². The SMILES string of the molecule is CCCCC(CC)CP1(=O)OC1C(CC)CCCC. The van der Waals surface area contributed by atoms with Gasteiger partial charge < -0.3 is 4.52 Å². The van der Waals surface area contributed by atoms with Crippen LogP contribution in [0.5, 0.6) is 0 Å². The molecule has 0 spiro atoms. The molecular weight excluding hydrogens is 255 g/mol. The van der Waals surface area contributed by atoms with Crippen molar-refractivity contribution >= 4 is 7.37 Å². The lowest BCUT2D eigenvalue weighted by molar-refractivity contribution is 0.312. The Hall–Kier alpha value is 0.190. The first-order valence-corrected chi connectivity index (χ1v) is 10.3. The molecule has 0 amide bonds. The van der Waals surface area contributed by atoms with E-state index in [4.69, 9.17) is 4.52 Å². The van der Waals surface area contributed by atoms with Gasteiger partial charge >= 0.3 is 0 Å². The Kier molecular flexibility index (Phi) is 7.69. The summed E-state index contributed by atoms with van der Waals surface area (Å²) >= 11 is 0. The first kappa shape index (κ1) is 17.2. The van der Waals surface area contributed by atoms with Gasteiger partial charge in [-0.25, -0.2) is 0 Å². The van der Waals surface area contributed by atoms with E-state index in [2.05, 4.69) is 27.7 Å². The zero-order valence-electron chi connectivity index (χ0n) is 13.4. The maximum atomic E-state index is 12.7. The van der Waals surface area contributed by atoms with E-state index < -0.39 is 7.37 Å². The molecule has 1 rings (SSSR count).